The van der Waals surface area contributed by atoms with Gasteiger partial charge in [-0.2, -0.15) is 0 Å². The molecule has 3 amide bonds. The lowest BCUT2D eigenvalue weighted by atomic mass is 9.99. The van der Waals surface area contributed by atoms with Crippen molar-refractivity contribution in [3.05, 3.63) is 76.5 Å². The van der Waals surface area contributed by atoms with Gasteiger partial charge in [0.25, 0.3) is 8.32 Å². The van der Waals surface area contributed by atoms with E-state index in [9.17, 15) is 24.0 Å². The van der Waals surface area contributed by atoms with E-state index < -0.39 is 61.9 Å². The predicted octanol–water partition coefficient (Wildman–Crippen LogP) is 8.48. The number of carbonyl (C=O) groups is 5. The van der Waals surface area contributed by atoms with Crippen LogP contribution in [0.15, 0.2) is 60.3 Å². The smallest absolute Gasteiger partial charge is 0.408 e. The van der Waals surface area contributed by atoms with E-state index in [0.29, 0.717) is 29.2 Å². The molecule has 4 N–H and O–H groups in total. The second kappa shape index (κ2) is 20.2. The predicted molar refractivity (Wildman–Crippen MR) is 228 cm³/mol. The zero-order chi connectivity index (χ0) is 43.6. The molecule has 3 aromatic rings. The summed E-state index contributed by atoms with van der Waals surface area (Å²) in [5.74, 6) is -2.09. The van der Waals surface area contributed by atoms with Gasteiger partial charge in [-0.15, -0.1) is 0 Å². The number of allylic oxidation sites excluding steroid dienone is 1. The second-order valence-electron chi connectivity index (χ2n) is 17.2. The number of aromatic nitrogens is 1. The number of fused-ring (bicyclic) bond motifs is 1. The van der Waals surface area contributed by atoms with E-state index >= 15 is 0 Å². The number of carboxylic acids is 1. The van der Waals surface area contributed by atoms with Crippen molar-refractivity contribution in [2.24, 2.45) is 0 Å². The van der Waals surface area contributed by atoms with E-state index in [1.165, 1.54) is 18.9 Å². The highest BCUT2D eigenvalue weighted by Crippen LogP contribution is 2.40. The van der Waals surface area contributed by atoms with Gasteiger partial charge in [0.05, 0.1) is 24.1 Å². The van der Waals surface area contributed by atoms with Crippen molar-refractivity contribution in [3.8, 4) is 5.75 Å². The summed E-state index contributed by atoms with van der Waals surface area (Å²) in [5.41, 5.74) is 2.23. The van der Waals surface area contributed by atoms with Gasteiger partial charge in [0.15, 0.2) is 0 Å². The lowest BCUT2D eigenvalue weighted by Gasteiger charge is -2.36. The number of hydrogen-bond donors (Lipinski definition) is 4. The van der Waals surface area contributed by atoms with Gasteiger partial charge >= 0.3 is 18.0 Å². The molecule has 0 aliphatic carbocycles. The molecule has 15 heteroatoms. The van der Waals surface area contributed by atoms with Crippen LogP contribution in [0.3, 0.4) is 0 Å². The third kappa shape index (κ3) is 14.2. The fraction of sp³-hybridized carbons (Fsp3) is 0.512. The number of benzene rings is 2. The number of carboxylic acid groups (broad SMARTS) is 1. The average molecular weight is 842 g/mol. The van der Waals surface area contributed by atoms with Gasteiger partial charge in [-0.3, -0.25) is 19.2 Å². The van der Waals surface area contributed by atoms with Gasteiger partial charge in [-0.25, -0.2) is 4.79 Å². The molecule has 2 aromatic carbocycles. The Hall–Kier alpha value is -4.82. The minimum Gasteiger partial charge on any atom is -0.543 e. The molecule has 0 aliphatic rings. The van der Waals surface area contributed by atoms with Crippen LogP contribution in [0, 0.1) is 0 Å². The standard InChI is InChI=1S/C43H61ClN4O9Si/c1-27(18-21-37(49)50)15-14-22-55-38(51)25-34(29-19-20-36(32(44)23-29)57-58(10,11)43(6,7)8)47-39(52)35(24-30-26-45-33-17-13-12-16-31(30)33)48(9)40(53)28(2)46-41(54)56-42(3,4)5/h12-13,15-17,19-20,23,26,28,34-35,45H,14,18,21-22,24-25H2,1-11H3,(H,46,54)(H,47,52)(H,49,50)/b27-15+/t28-,34+,35+/m0/s1. The maximum absolute atomic E-state index is 14.6. The molecule has 3 atom stereocenters. The molecule has 0 saturated carbocycles. The number of H-pyrrole nitrogens is 1. The van der Waals surface area contributed by atoms with E-state index in [1.54, 1.807) is 45.2 Å². The first kappa shape index (κ1) is 47.6. The number of ether oxygens (including phenoxy) is 2. The lowest BCUT2D eigenvalue weighted by molar-refractivity contribution is -0.145. The van der Waals surface area contributed by atoms with Gasteiger partial charge in [-0.05, 0) is 94.9 Å². The van der Waals surface area contributed by atoms with E-state index in [2.05, 4.69) is 49.5 Å². The van der Waals surface area contributed by atoms with Gasteiger partial charge in [0.1, 0.15) is 23.4 Å². The summed E-state index contributed by atoms with van der Waals surface area (Å²) in [4.78, 5) is 69.9. The Morgan fingerprint density at radius 1 is 1.00 bits per heavy atom. The normalized spacial score (nSPS) is 13.9. The molecule has 0 aliphatic heterocycles. The molecule has 0 bridgehead atoms. The number of rotatable bonds is 18. The third-order valence-corrected chi connectivity index (χ3v) is 14.8. The average Bonchev–Trinajstić information content (AvgIpc) is 3.52. The number of aliphatic carboxylic acids is 1. The second-order valence-corrected chi connectivity index (χ2v) is 22.3. The summed E-state index contributed by atoms with van der Waals surface area (Å²) in [7, 11) is -0.775. The zero-order valence-corrected chi connectivity index (χ0v) is 37.5. The van der Waals surface area contributed by atoms with Crippen LogP contribution in [0.1, 0.15) is 98.2 Å². The van der Waals surface area contributed by atoms with Crippen molar-refractivity contribution in [1.29, 1.82) is 0 Å². The highest BCUT2D eigenvalue weighted by molar-refractivity contribution is 6.74. The van der Waals surface area contributed by atoms with Crippen LogP contribution >= 0.6 is 11.6 Å². The summed E-state index contributed by atoms with van der Waals surface area (Å²) < 4.78 is 17.4. The van der Waals surface area contributed by atoms with Crippen LogP contribution in [0.25, 0.3) is 10.9 Å². The molecular formula is C43H61ClN4O9Si. The van der Waals surface area contributed by atoms with Crippen molar-refractivity contribution in [1.82, 2.24) is 20.5 Å². The number of nitrogens with zero attached hydrogens (tertiary/aromatic N) is 1. The van der Waals surface area contributed by atoms with Crippen LogP contribution in [0.2, 0.25) is 23.2 Å². The number of aromatic amines is 1. The van der Waals surface area contributed by atoms with Crippen LogP contribution in [0.4, 0.5) is 4.79 Å². The molecule has 1 heterocycles. The minimum absolute atomic E-state index is 0.00698. The number of esters is 1. The van der Waals surface area contributed by atoms with Gasteiger partial charge in [0.2, 0.25) is 11.8 Å². The summed E-state index contributed by atoms with van der Waals surface area (Å²) in [6, 6.07) is 9.67. The Labute approximate surface area is 348 Å². The number of nitrogens with one attached hydrogen (secondary N) is 3. The molecule has 0 saturated heterocycles. The Bertz CT molecular complexity index is 1960. The SMILES string of the molecule is C/C(=C\CCOC(=O)C[C@@H](NC(=O)[C@@H](Cc1c[nH]c2ccccc12)N(C)C(=O)[C@H](C)NC(=O)OC(C)(C)C)c1ccc(O[Si](C)(C)C(C)(C)C)c(Cl)c1)CCC(=O)O. The summed E-state index contributed by atoms with van der Waals surface area (Å²) in [5, 5.41) is 15.6. The molecule has 1 aromatic heterocycles. The highest BCUT2D eigenvalue weighted by Gasteiger charge is 2.40. The number of amides is 3. The molecular weight excluding hydrogens is 780 g/mol. The van der Waals surface area contributed by atoms with Crippen molar-refractivity contribution >= 4 is 60.7 Å². The van der Waals surface area contributed by atoms with E-state index in [4.69, 9.17) is 30.6 Å². The molecule has 0 fully saturated rings. The molecule has 58 heavy (non-hydrogen) atoms. The monoisotopic (exact) mass is 840 g/mol. The van der Waals surface area contributed by atoms with Crippen molar-refractivity contribution in [2.45, 2.75) is 129 Å². The zero-order valence-electron chi connectivity index (χ0n) is 35.7. The summed E-state index contributed by atoms with van der Waals surface area (Å²) >= 11 is 6.83. The molecule has 0 radical (unpaired) electrons. The van der Waals surface area contributed by atoms with Crippen LogP contribution < -0.4 is 15.1 Å². The molecule has 13 nitrogen and oxygen atoms in total. The number of halogens is 1. The lowest BCUT2D eigenvalue weighted by Crippen LogP contribution is -2.55. The minimum atomic E-state index is -2.27. The van der Waals surface area contributed by atoms with Gasteiger partial charge in [-0.1, -0.05) is 68.3 Å². The van der Waals surface area contributed by atoms with Crippen molar-refractivity contribution in [3.63, 3.8) is 0 Å². The first-order chi connectivity index (χ1) is 26.9. The van der Waals surface area contributed by atoms with Crippen molar-refractivity contribution in [2.75, 3.05) is 13.7 Å². The summed E-state index contributed by atoms with van der Waals surface area (Å²) in [6.07, 6.45) is 3.46. The number of para-hydroxylation sites is 1. The first-order valence-corrected chi connectivity index (χ1v) is 22.8. The molecule has 0 unspecified atom stereocenters. The van der Waals surface area contributed by atoms with Gasteiger partial charge < -0.3 is 39.5 Å². The Balaban J connectivity index is 1.97. The third-order valence-electron chi connectivity index (χ3n) is 10.1. The topological polar surface area (TPSA) is 176 Å². The van der Waals surface area contributed by atoms with Gasteiger partial charge in [0, 0.05) is 37.0 Å². The van der Waals surface area contributed by atoms with E-state index in [0.717, 1.165) is 22.0 Å². The van der Waals surface area contributed by atoms with Crippen LogP contribution in [0.5, 0.6) is 5.75 Å². The van der Waals surface area contributed by atoms with Crippen LogP contribution in [-0.4, -0.2) is 84.5 Å². The summed E-state index contributed by atoms with van der Waals surface area (Å²) in [6.45, 7) is 19.1. The highest BCUT2D eigenvalue weighted by atomic mass is 35.5. The molecule has 3 rings (SSSR count). The number of alkyl carbamates (subject to hydrolysis) is 1. The maximum Gasteiger partial charge on any atom is 0.408 e. The molecule has 0 spiro atoms. The van der Waals surface area contributed by atoms with E-state index in [-0.39, 0.29) is 30.9 Å². The fourth-order valence-electron chi connectivity index (χ4n) is 5.79. The number of hydrogen-bond acceptors (Lipinski definition) is 8. The quantitative estimate of drug-likeness (QED) is 0.0424. The largest absolute Gasteiger partial charge is 0.543 e. The maximum atomic E-state index is 14.6. The van der Waals surface area contributed by atoms with Crippen LogP contribution in [-0.2, 0) is 35.1 Å². The number of likely N-dealkylation sites (N-methyl/N-ethyl adjacent to an activating group) is 1. The first-order valence-electron chi connectivity index (χ1n) is 19.5. The van der Waals surface area contributed by atoms with Crippen molar-refractivity contribution < 1.29 is 43.0 Å². The molecule has 318 valence electrons. The fourth-order valence-corrected chi connectivity index (χ4v) is 7.12. The Morgan fingerprint density at radius 2 is 1.67 bits per heavy atom. The number of carbonyl (C=O) groups excluding carboxylic acids is 4. The Kier molecular flexibility index (Phi) is 16.6. The van der Waals surface area contributed by atoms with E-state index in [1.807, 2.05) is 37.3 Å². The Morgan fingerprint density at radius 3 is 2.29 bits per heavy atom.